The summed E-state index contributed by atoms with van der Waals surface area (Å²) >= 11 is 0. The molecule has 4 heteroatoms. The number of hydrogen-bond donors (Lipinski definition) is 3. The van der Waals surface area contributed by atoms with Crippen LogP contribution in [0.3, 0.4) is 0 Å². The van der Waals surface area contributed by atoms with Crippen LogP contribution in [0.1, 0.15) is 43.7 Å². The number of nitrogens with one attached hydrogen (secondary N) is 1. The quantitative estimate of drug-likeness (QED) is 0.323. The van der Waals surface area contributed by atoms with Crippen LogP contribution in [0.5, 0.6) is 0 Å². The maximum atomic E-state index is 8.79. The van der Waals surface area contributed by atoms with Gasteiger partial charge in [-0.3, -0.25) is 0 Å². The van der Waals surface area contributed by atoms with Crippen molar-refractivity contribution in [1.82, 2.24) is 5.32 Å². The first-order chi connectivity index (χ1) is 8.71. The van der Waals surface area contributed by atoms with Gasteiger partial charge in [-0.15, -0.1) is 0 Å². The van der Waals surface area contributed by atoms with E-state index in [0.29, 0.717) is 5.54 Å². The van der Waals surface area contributed by atoms with Crippen LogP contribution in [0.25, 0.3) is 0 Å². The molecule has 0 unspecified atom stereocenters. The molecule has 0 aliphatic heterocycles. The summed E-state index contributed by atoms with van der Waals surface area (Å²) < 4.78 is 0. The van der Waals surface area contributed by atoms with Gasteiger partial charge in [-0.2, -0.15) is 0 Å². The van der Waals surface area contributed by atoms with E-state index >= 15 is 0 Å². The molecule has 0 aromatic heterocycles. The Morgan fingerprint density at radius 3 is 2.72 bits per heavy atom. The van der Waals surface area contributed by atoms with Gasteiger partial charge in [0.2, 0.25) is 0 Å². The molecule has 0 bridgehead atoms. The van der Waals surface area contributed by atoms with Crippen LogP contribution >= 0.6 is 0 Å². The highest BCUT2D eigenvalue weighted by Crippen LogP contribution is 2.34. The Kier molecular flexibility index (Phi) is 3.87. The molecule has 4 nitrogen and oxygen atoms in total. The lowest BCUT2D eigenvalue weighted by molar-refractivity contribution is 0.175. The lowest BCUT2D eigenvalue weighted by Crippen LogP contribution is -2.50. The first-order valence-electron chi connectivity index (χ1n) is 6.51. The van der Waals surface area contributed by atoms with E-state index in [1.165, 1.54) is 19.3 Å². The van der Waals surface area contributed by atoms with Crippen molar-refractivity contribution in [2.75, 3.05) is 0 Å². The average Bonchev–Trinajstić information content (AvgIpc) is 2.37. The molecule has 4 N–H and O–H groups in total. The number of nitrogens with zero attached hydrogens (tertiary/aromatic N) is 1. The Bertz CT molecular complexity index is 433. The number of hydrogen-bond acceptors (Lipinski definition) is 3. The molecular formula is C14H21N3O. The zero-order chi connectivity index (χ0) is 13.0. The van der Waals surface area contributed by atoms with Crippen molar-refractivity contribution in [1.29, 1.82) is 0 Å². The molecule has 0 heterocycles. The average molecular weight is 247 g/mol. The summed E-state index contributed by atoms with van der Waals surface area (Å²) in [6.07, 6.45) is 4.95. The summed E-state index contributed by atoms with van der Waals surface area (Å²) in [4.78, 5) is 0. The van der Waals surface area contributed by atoms with Gasteiger partial charge in [0, 0.05) is 17.6 Å². The monoisotopic (exact) mass is 247 g/mol. The topological polar surface area (TPSA) is 70.6 Å². The molecule has 1 aliphatic rings. The smallest absolute Gasteiger partial charge is 0.170 e. The van der Waals surface area contributed by atoms with Gasteiger partial charge in [-0.05, 0) is 31.2 Å². The Morgan fingerprint density at radius 1 is 1.44 bits per heavy atom. The van der Waals surface area contributed by atoms with E-state index < -0.39 is 0 Å². The summed E-state index contributed by atoms with van der Waals surface area (Å²) in [7, 11) is 0. The molecule has 0 saturated heterocycles. The summed E-state index contributed by atoms with van der Waals surface area (Å²) in [5.41, 5.74) is 7.87. The maximum Gasteiger partial charge on any atom is 0.170 e. The van der Waals surface area contributed by atoms with Gasteiger partial charge >= 0.3 is 0 Å². The largest absolute Gasteiger partial charge is 0.409 e. The van der Waals surface area contributed by atoms with Crippen LogP contribution in [-0.4, -0.2) is 16.6 Å². The van der Waals surface area contributed by atoms with Gasteiger partial charge in [-0.1, -0.05) is 36.3 Å². The third-order valence-electron chi connectivity index (χ3n) is 4.04. The van der Waals surface area contributed by atoms with Crippen molar-refractivity contribution in [3.8, 4) is 0 Å². The summed E-state index contributed by atoms with van der Waals surface area (Å²) in [6.45, 7) is 2.99. The third-order valence-corrected chi connectivity index (χ3v) is 4.04. The minimum Gasteiger partial charge on any atom is -0.409 e. The van der Waals surface area contributed by atoms with Crippen molar-refractivity contribution in [3.63, 3.8) is 0 Å². The van der Waals surface area contributed by atoms with Crippen LogP contribution in [0.15, 0.2) is 29.4 Å². The fourth-order valence-electron chi connectivity index (χ4n) is 2.52. The maximum absolute atomic E-state index is 8.79. The Balaban J connectivity index is 2.09. The zero-order valence-corrected chi connectivity index (χ0v) is 10.8. The van der Waals surface area contributed by atoms with Gasteiger partial charge in [0.1, 0.15) is 0 Å². The first-order valence-corrected chi connectivity index (χ1v) is 6.51. The van der Waals surface area contributed by atoms with E-state index in [0.717, 1.165) is 24.1 Å². The van der Waals surface area contributed by atoms with Crippen LogP contribution < -0.4 is 11.1 Å². The molecule has 2 rings (SSSR count). The second-order valence-electron chi connectivity index (χ2n) is 4.98. The molecular weight excluding hydrogens is 226 g/mol. The van der Waals surface area contributed by atoms with Crippen molar-refractivity contribution in [2.45, 2.75) is 44.7 Å². The molecule has 1 aliphatic carbocycles. The van der Waals surface area contributed by atoms with E-state index in [9.17, 15) is 0 Å². The number of rotatable bonds is 5. The predicted molar refractivity (Wildman–Crippen MR) is 72.7 cm³/mol. The fourth-order valence-corrected chi connectivity index (χ4v) is 2.52. The van der Waals surface area contributed by atoms with E-state index in [1.54, 1.807) is 0 Å². The standard InChI is InChI=1S/C14H21N3O/c1-2-14(8-5-9-14)16-10-11-6-3-4-7-12(11)13(15)17-18/h3-4,6-7,16,18H,2,5,8-10H2,1H3,(H2,15,17). The van der Waals surface area contributed by atoms with E-state index in [1.807, 2.05) is 24.3 Å². The van der Waals surface area contributed by atoms with E-state index in [-0.39, 0.29) is 5.84 Å². The Morgan fingerprint density at radius 2 is 2.17 bits per heavy atom. The number of benzene rings is 1. The van der Waals surface area contributed by atoms with Crippen LogP contribution in [-0.2, 0) is 6.54 Å². The molecule has 1 aromatic rings. The lowest BCUT2D eigenvalue weighted by atomic mass is 9.75. The highest BCUT2D eigenvalue weighted by molar-refractivity contribution is 5.98. The second-order valence-corrected chi connectivity index (χ2v) is 4.98. The fraction of sp³-hybridized carbons (Fsp3) is 0.500. The minimum absolute atomic E-state index is 0.173. The number of nitrogens with two attached hydrogens (primary N) is 1. The SMILES string of the molecule is CCC1(NCc2ccccc2/C(N)=N/O)CCC1. The second kappa shape index (κ2) is 5.40. The molecule has 0 radical (unpaired) electrons. The van der Waals surface area contributed by atoms with Crippen molar-refractivity contribution >= 4 is 5.84 Å². The normalized spacial score (nSPS) is 18.4. The first kappa shape index (κ1) is 12.9. The van der Waals surface area contributed by atoms with Gasteiger partial charge < -0.3 is 16.3 Å². The molecule has 1 aromatic carbocycles. The van der Waals surface area contributed by atoms with Crippen LogP contribution in [0.2, 0.25) is 0 Å². The highest BCUT2D eigenvalue weighted by atomic mass is 16.4. The summed E-state index contributed by atoms with van der Waals surface area (Å²) in [6, 6.07) is 7.77. The van der Waals surface area contributed by atoms with Gasteiger partial charge in [0.05, 0.1) is 0 Å². The van der Waals surface area contributed by atoms with Gasteiger partial charge in [0.25, 0.3) is 0 Å². The van der Waals surface area contributed by atoms with Gasteiger partial charge in [0.15, 0.2) is 5.84 Å². The van der Waals surface area contributed by atoms with Crippen molar-refractivity contribution in [3.05, 3.63) is 35.4 Å². The van der Waals surface area contributed by atoms with Crippen molar-refractivity contribution < 1.29 is 5.21 Å². The molecule has 1 fully saturated rings. The lowest BCUT2D eigenvalue weighted by Gasteiger charge is -2.42. The molecule has 98 valence electrons. The molecule has 0 amide bonds. The molecule has 0 atom stereocenters. The number of amidine groups is 1. The molecule has 18 heavy (non-hydrogen) atoms. The predicted octanol–water partition coefficient (Wildman–Crippen LogP) is 2.20. The summed E-state index contributed by atoms with van der Waals surface area (Å²) in [5.74, 6) is 0.173. The van der Waals surface area contributed by atoms with Crippen LogP contribution in [0, 0.1) is 0 Å². The third kappa shape index (κ3) is 2.48. The molecule has 0 spiro atoms. The molecule has 1 saturated carbocycles. The minimum atomic E-state index is 0.173. The Labute approximate surface area is 108 Å². The Hall–Kier alpha value is -1.55. The highest BCUT2D eigenvalue weighted by Gasteiger charge is 2.34. The zero-order valence-electron chi connectivity index (χ0n) is 10.8. The van der Waals surface area contributed by atoms with Crippen LogP contribution in [0.4, 0.5) is 0 Å². The van der Waals surface area contributed by atoms with E-state index in [2.05, 4.69) is 17.4 Å². The van der Waals surface area contributed by atoms with E-state index in [4.69, 9.17) is 10.9 Å². The summed E-state index contributed by atoms with van der Waals surface area (Å²) in [5, 5.41) is 15.5. The number of oxime groups is 1. The van der Waals surface area contributed by atoms with Gasteiger partial charge in [-0.25, -0.2) is 0 Å². The van der Waals surface area contributed by atoms with Crippen molar-refractivity contribution in [2.24, 2.45) is 10.9 Å².